The summed E-state index contributed by atoms with van der Waals surface area (Å²) in [5, 5.41) is 0. The van der Waals surface area contributed by atoms with Crippen LogP contribution in [0, 0.1) is 0 Å². The molecule has 0 aliphatic rings. The topological polar surface area (TPSA) is 55.4 Å². The van der Waals surface area contributed by atoms with Crippen molar-refractivity contribution in [3.05, 3.63) is 0 Å². The van der Waals surface area contributed by atoms with Crippen LogP contribution in [0.3, 0.4) is 0 Å². The lowest BCUT2D eigenvalue weighted by Gasteiger charge is -2.28. The van der Waals surface area contributed by atoms with Crippen LogP contribution in [0.2, 0.25) is 0 Å². The zero-order chi connectivity index (χ0) is 12.8. The van der Waals surface area contributed by atoms with E-state index >= 15 is 0 Å². The third kappa shape index (κ3) is 7.98. The number of hydrogen-bond donors (Lipinski definition) is 0. The van der Waals surface area contributed by atoms with Gasteiger partial charge in [-0.05, 0) is 41.5 Å². The van der Waals surface area contributed by atoms with Crippen LogP contribution in [0.4, 0.5) is 0 Å². The van der Waals surface area contributed by atoms with Crippen molar-refractivity contribution in [2.75, 3.05) is 7.11 Å². The van der Waals surface area contributed by atoms with E-state index in [-0.39, 0.29) is 6.10 Å². The van der Waals surface area contributed by atoms with E-state index in [9.17, 15) is 0 Å². The van der Waals surface area contributed by atoms with Crippen LogP contribution in [-0.2, 0) is 29.3 Å². The van der Waals surface area contributed by atoms with Gasteiger partial charge in [0.1, 0.15) is 0 Å². The summed E-state index contributed by atoms with van der Waals surface area (Å²) < 4.78 is 0. The summed E-state index contributed by atoms with van der Waals surface area (Å²) in [6, 6.07) is 0. The Labute approximate surface area is 96.5 Å². The number of hydrogen-bond acceptors (Lipinski definition) is 6. The second-order valence-electron chi connectivity index (χ2n) is 4.44. The first-order valence-corrected chi connectivity index (χ1v) is 5.12. The maximum absolute atomic E-state index is 5.04. The summed E-state index contributed by atoms with van der Waals surface area (Å²) in [6.07, 6.45) is -0.0638. The summed E-state index contributed by atoms with van der Waals surface area (Å²) in [6.45, 7) is 10.3. The Morgan fingerprint density at radius 1 is 0.750 bits per heavy atom. The molecule has 0 aromatic carbocycles. The second-order valence-corrected chi connectivity index (χ2v) is 4.44. The highest BCUT2D eigenvalue weighted by Gasteiger charge is 2.29. The normalized spacial score (nSPS) is 13.5. The third-order valence-electron chi connectivity index (χ3n) is 1.17. The molecule has 98 valence electrons. The summed E-state index contributed by atoms with van der Waals surface area (Å²) >= 11 is 0. The molecule has 0 rings (SSSR count). The Kier molecular flexibility index (Phi) is 6.39. The van der Waals surface area contributed by atoms with E-state index in [1.165, 1.54) is 7.11 Å². The summed E-state index contributed by atoms with van der Waals surface area (Å²) in [5.41, 5.74) is 0. The van der Waals surface area contributed by atoms with E-state index in [0.717, 1.165) is 0 Å². The van der Waals surface area contributed by atoms with Crippen molar-refractivity contribution in [3.63, 3.8) is 0 Å². The monoisotopic (exact) mass is 238 g/mol. The first kappa shape index (κ1) is 15.8. The van der Waals surface area contributed by atoms with Crippen molar-refractivity contribution in [3.8, 4) is 0 Å². The molecule has 0 aromatic rings. The highest BCUT2D eigenvalue weighted by atomic mass is 17.4. The molecule has 0 fully saturated rings. The maximum Gasteiger partial charge on any atom is 0.228 e. The van der Waals surface area contributed by atoms with Gasteiger partial charge in [-0.1, -0.05) is 0 Å². The highest BCUT2D eigenvalue weighted by Crippen LogP contribution is 2.19. The van der Waals surface area contributed by atoms with Gasteiger partial charge in [0.05, 0.1) is 13.2 Å². The van der Waals surface area contributed by atoms with E-state index in [1.807, 2.05) is 13.8 Å². The minimum Gasteiger partial charge on any atom is -0.237 e. The smallest absolute Gasteiger partial charge is 0.228 e. The molecule has 0 saturated heterocycles. The summed E-state index contributed by atoms with van der Waals surface area (Å²) in [4.78, 5) is 29.3. The Morgan fingerprint density at radius 2 is 1.19 bits per heavy atom. The van der Waals surface area contributed by atoms with Crippen LogP contribution >= 0.6 is 0 Å². The maximum atomic E-state index is 5.04. The third-order valence-corrected chi connectivity index (χ3v) is 1.17. The molecule has 16 heavy (non-hydrogen) atoms. The number of rotatable bonds is 8. The zero-order valence-corrected chi connectivity index (χ0v) is 11.0. The van der Waals surface area contributed by atoms with E-state index in [0.29, 0.717) is 0 Å². The molecule has 0 saturated carbocycles. The molecule has 0 atom stereocenters. The van der Waals surface area contributed by atoms with E-state index in [1.54, 1.807) is 27.7 Å². The average Bonchev–Trinajstić information content (AvgIpc) is 2.13. The molecule has 0 heterocycles. The highest BCUT2D eigenvalue weighted by molar-refractivity contribution is 4.50. The molecule has 0 unspecified atom stereocenters. The van der Waals surface area contributed by atoms with Gasteiger partial charge in [0.25, 0.3) is 0 Å². The van der Waals surface area contributed by atoms with E-state index < -0.39 is 11.6 Å². The molecule has 0 amide bonds. The van der Waals surface area contributed by atoms with E-state index in [4.69, 9.17) is 24.4 Å². The minimum atomic E-state index is -1.04. The quantitative estimate of drug-likeness (QED) is 0.367. The van der Waals surface area contributed by atoms with Crippen molar-refractivity contribution in [1.82, 2.24) is 0 Å². The van der Waals surface area contributed by atoms with Crippen molar-refractivity contribution >= 4 is 0 Å². The van der Waals surface area contributed by atoms with Gasteiger partial charge in [-0.2, -0.15) is 19.6 Å². The molecule has 0 N–H and O–H groups in total. The molecule has 0 bridgehead atoms. The van der Waals surface area contributed by atoms with Crippen LogP contribution in [0.1, 0.15) is 41.5 Å². The molecular formula is C10H22O6. The molecule has 0 aliphatic heterocycles. The van der Waals surface area contributed by atoms with Gasteiger partial charge in [-0.3, -0.25) is 0 Å². The second kappa shape index (κ2) is 6.48. The van der Waals surface area contributed by atoms with Gasteiger partial charge in [-0.15, -0.1) is 0 Å². The first-order chi connectivity index (χ1) is 7.18. The van der Waals surface area contributed by atoms with Crippen molar-refractivity contribution in [2.24, 2.45) is 0 Å². The van der Waals surface area contributed by atoms with Crippen LogP contribution in [0.5, 0.6) is 0 Å². The van der Waals surface area contributed by atoms with Gasteiger partial charge >= 0.3 is 0 Å². The lowest BCUT2D eigenvalue weighted by molar-refractivity contribution is -0.568. The minimum absolute atomic E-state index is 0.0638. The van der Waals surface area contributed by atoms with Crippen molar-refractivity contribution in [1.29, 1.82) is 0 Å². The molecule has 0 spiro atoms. The van der Waals surface area contributed by atoms with Gasteiger partial charge in [0.15, 0.2) is 0 Å². The summed E-state index contributed by atoms with van der Waals surface area (Å²) in [7, 11) is 1.38. The SMILES string of the molecule is COOC(C)(C)OOC(C)(C)OOC(C)C. The van der Waals surface area contributed by atoms with Crippen LogP contribution < -0.4 is 0 Å². The van der Waals surface area contributed by atoms with Gasteiger partial charge < -0.3 is 0 Å². The zero-order valence-electron chi connectivity index (χ0n) is 11.0. The Morgan fingerprint density at radius 3 is 1.56 bits per heavy atom. The van der Waals surface area contributed by atoms with Gasteiger partial charge in [0, 0.05) is 0 Å². The predicted molar refractivity (Wildman–Crippen MR) is 55.7 cm³/mol. The molecule has 6 heteroatoms. The standard InChI is InChI=1S/C10H22O6/c1-8(2)12-14-10(5,6)16-15-9(3,4)13-11-7/h8H,1-7H3. The van der Waals surface area contributed by atoms with Crippen LogP contribution in [0.15, 0.2) is 0 Å². The molecule has 0 radical (unpaired) electrons. The van der Waals surface area contributed by atoms with Crippen molar-refractivity contribution < 1.29 is 29.3 Å². The van der Waals surface area contributed by atoms with Gasteiger partial charge in [-0.25, -0.2) is 9.78 Å². The average molecular weight is 238 g/mol. The largest absolute Gasteiger partial charge is 0.237 e. The lowest BCUT2D eigenvalue weighted by Crippen LogP contribution is -2.36. The Balaban J connectivity index is 3.97. The molecular weight excluding hydrogens is 216 g/mol. The molecule has 0 aliphatic carbocycles. The predicted octanol–water partition coefficient (Wildman–Crippen LogP) is 2.34. The van der Waals surface area contributed by atoms with Crippen LogP contribution in [0.25, 0.3) is 0 Å². The Hall–Kier alpha value is -0.240. The summed E-state index contributed by atoms with van der Waals surface area (Å²) in [5.74, 6) is -2.08. The molecule has 6 nitrogen and oxygen atoms in total. The van der Waals surface area contributed by atoms with Gasteiger partial charge in [0.2, 0.25) is 11.6 Å². The molecule has 0 aromatic heterocycles. The fourth-order valence-corrected chi connectivity index (χ4v) is 0.641. The lowest BCUT2D eigenvalue weighted by atomic mass is 10.4. The fraction of sp³-hybridized carbons (Fsp3) is 1.00. The van der Waals surface area contributed by atoms with E-state index in [2.05, 4.69) is 4.89 Å². The Bertz CT molecular complexity index is 190. The van der Waals surface area contributed by atoms with Crippen LogP contribution in [-0.4, -0.2) is 24.8 Å². The fourth-order valence-electron chi connectivity index (χ4n) is 0.641. The van der Waals surface area contributed by atoms with Crippen molar-refractivity contribution in [2.45, 2.75) is 59.2 Å². The first-order valence-electron chi connectivity index (χ1n) is 5.12.